The second-order valence-corrected chi connectivity index (χ2v) is 7.58. The molecule has 1 saturated heterocycles. The highest BCUT2D eigenvalue weighted by atomic mass is 32.2. The van der Waals surface area contributed by atoms with Crippen LogP contribution in [-0.2, 0) is 16.4 Å². The molecule has 6 heteroatoms. The number of sulfonamides is 1. The second kappa shape index (κ2) is 7.55. The summed E-state index contributed by atoms with van der Waals surface area (Å²) in [6.45, 7) is 3.93. The number of piperidine rings is 1. The molecule has 5 nitrogen and oxygen atoms in total. The van der Waals surface area contributed by atoms with Gasteiger partial charge in [0.25, 0.3) is 0 Å². The molecule has 22 heavy (non-hydrogen) atoms. The largest absolute Gasteiger partial charge is 0.392 e. The lowest BCUT2D eigenvalue weighted by atomic mass is 9.95. The van der Waals surface area contributed by atoms with Crippen LogP contribution in [0.5, 0.6) is 0 Å². The molecular formula is C16H26N2O3S. The van der Waals surface area contributed by atoms with Gasteiger partial charge in [-0.25, -0.2) is 13.6 Å². The molecule has 1 aliphatic heterocycles. The van der Waals surface area contributed by atoms with Gasteiger partial charge in [-0.2, -0.15) is 0 Å². The fourth-order valence-corrected chi connectivity index (χ4v) is 3.64. The van der Waals surface area contributed by atoms with Crippen molar-refractivity contribution in [2.24, 2.45) is 5.14 Å². The second-order valence-electron chi connectivity index (χ2n) is 6.01. The lowest BCUT2D eigenvalue weighted by Crippen LogP contribution is -2.47. The van der Waals surface area contributed by atoms with Crippen LogP contribution in [0.3, 0.4) is 0 Å². The van der Waals surface area contributed by atoms with Crippen molar-refractivity contribution in [1.82, 2.24) is 4.90 Å². The van der Waals surface area contributed by atoms with Crippen molar-refractivity contribution in [3.05, 3.63) is 29.8 Å². The van der Waals surface area contributed by atoms with Gasteiger partial charge >= 0.3 is 0 Å². The number of nitrogens with zero attached hydrogens (tertiary/aromatic N) is 1. The van der Waals surface area contributed by atoms with E-state index < -0.39 is 10.0 Å². The van der Waals surface area contributed by atoms with Crippen LogP contribution >= 0.6 is 0 Å². The third-order valence-electron chi connectivity index (χ3n) is 4.47. The molecule has 0 radical (unpaired) electrons. The van der Waals surface area contributed by atoms with E-state index in [9.17, 15) is 13.5 Å². The van der Waals surface area contributed by atoms with Gasteiger partial charge in [-0.3, -0.25) is 4.90 Å². The van der Waals surface area contributed by atoms with Crippen molar-refractivity contribution in [2.75, 3.05) is 13.1 Å². The fourth-order valence-electron chi connectivity index (χ4n) is 3.12. The van der Waals surface area contributed by atoms with Crippen LogP contribution in [0, 0.1) is 0 Å². The average Bonchev–Trinajstić information content (AvgIpc) is 2.52. The van der Waals surface area contributed by atoms with E-state index in [0.717, 1.165) is 37.9 Å². The molecular weight excluding hydrogens is 300 g/mol. The highest BCUT2D eigenvalue weighted by molar-refractivity contribution is 7.89. The molecule has 2 unspecified atom stereocenters. The molecule has 0 bridgehead atoms. The molecule has 1 aromatic rings. The molecule has 2 rings (SSSR count). The minimum atomic E-state index is -3.62. The van der Waals surface area contributed by atoms with Gasteiger partial charge in [0.2, 0.25) is 10.0 Å². The molecule has 2 atom stereocenters. The van der Waals surface area contributed by atoms with E-state index in [0.29, 0.717) is 0 Å². The maximum atomic E-state index is 11.2. The standard InChI is InChI=1S/C16H26N2O3S/c1-2-16(19)15-5-3-4-11-18(15)12-10-13-6-8-14(9-7-13)22(17,20)21/h6-9,15-16,19H,2-5,10-12H2,1H3,(H2,17,20,21). The summed E-state index contributed by atoms with van der Waals surface area (Å²) in [5.74, 6) is 0. The molecule has 0 amide bonds. The third kappa shape index (κ3) is 4.52. The zero-order chi connectivity index (χ0) is 16.2. The maximum absolute atomic E-state index is 11.2. The Labute approximate surface area is 133 Å². The monoisotopic (exact) mass is 326 g/mol. The Morgan fingerprint density at radius 3 is 2.59 bits per heavy atom. The molecule has 1 aromatic carbocycles. The van der Waals surface area contributed by atoms with Crippen molar-refractivity contribution < 1.29 is 13.5 Å². The lowest BCUT2D eigenvalue weighted by Gasteiger charge is -2.38. The summed E-state index contributed by atoms with van der Waals surface area (Å²) >= 11 is 0. The third-order valence-corrected chi connectivity index (χ3v) is 5.40. The average molecular weight is 326 g/mol. The van der Waals surface area contributed by atoms with Gasteiger partial charge in [0.1, 0.15) is 0 Å². The Hall–Kier alpha value is -0.950. The van der Waals surface area contributed by atoms with E-state index in [1.165, 1.54) is 12.8 Å². The fraction of sp³-hybridized carbons (Fsp3) is 0.625. The Morgan fingerprint density at radius 1 is 1.32 bits per heavy atom. The van der Waals surface area contributed by atoms with E-state index in [2.05, 4.69) is 4.90 Å². The van der Waals surface area contributed by atoms with Crippen molar-refractivity contribution in [3.63, 3.8) is 0 Å². The number of aliphatic hydroxyl groups excluding tert-OH is 1. The summed E-state index contributed by atoms with van der Waals surface area (Å²) < 4.78 is 22.5. The van der Waals surface area contributed by atoms with Gasteiger partial charge in [-0.05, 0) is 49.9 Å². The van der Waals surface area contributed by atoms with E-state index >= 15 is 0 Å². The summed E-state index contributed by atoms with van der Waals surface area (Å²) in [6.07, 6.45) is 4.78. The van der Waals surface area contributed by atoms with E-state index in [1.807, 2.05) is 19.1 Å². The van der Waals surface area contributed by atoms with Gasteiger partial charge in [0.15, 0.2) is 0 Å². The number of likely N-dealkylation sites (tertiary alicyclic amines) is 1. The summed E-state index contributed by atoms with van der Waals surface area (Å²) in [5, 5.41) is 15.3. The van der Waals surface area contributed by atoms with Crippen molar-refractivity contribution in [3.8, 4) is 0 Å². The van der Waals surface area contributed by atoms with Gasteiger partial charge in [0, 0.05) is 12.6 Å². The first-order chi connectivity index (χ1) is 10.4. The smallest absolute Gasteiger partial charge is 0.238 e. The van der Waals surface area contributed by atoms with Crippen LogP contribution in [0.25, 0.3) is 0 Å². The van der Waals surface area contributed by atoms with Gasteiger partial charge in [0.05, 0.1) is 11.0 Å². The van der Waals surface area contributed by atoms with Crippen LogP contribution in [0.1, 0.15) is 38.2 Å². The molecule has 3 N–H and O–H groups in total. The van der Waals surface area contributed by atoms with E-state index in [-0.39, 0.29) is 17.0 Å². The normalized spacial score (nSPS) is 21.7. The number of hydrogen-bond acceptors (Lipinski definition) is 4. The van der Waals surface area contributed by atoms with Crippen LogP contribution in [0.4, 0.5) is 0 Å². The highest BCUT2D eigenvalue weighted by Crippen LogP contribution is 2.21. The van der Waals surface area contributed by atoms with E-state index in [4.69, 9.17) is 5.14 Å². The number of nitrogens with two attached hydrogens (primary N) is 1. The molecule has 124 valence electrons. The molecule has 1 fully saturated rings. The van der Waals surface area contributed by atoms with E-state index in [1.54, 1.807) is 12.1 Å². The first kappa shape index (κ1) is 17.4. The first-order valence-electron chi connectivity index (χ1n) is 7.95. The Kier molecular flexibility index (Phi) is 5.97. The predicted octanol–water partition coefficient (Wildman–Crippen LogP) is 1.50. The number of rotatable bonds is 6. The minimum absolute atomic E-state index is 0.147. The Balaban J connectivity index is 1.96. The summed E-state index contributed by atoms with van der Waals surface area (Å²) in [7, 11) is -3.62. The summed E-state index contributed by atoms with van der Waals surface area (Å²) in [6, 6.07) is 6.99. The highest BCUT2D eigenvalue weighted by Gasteiger charge is 2.27. The molecule has 0 aliphatic carbocycles. The zero-order valence-corrected chi connectivity index (χ0v) is 13.9. The van der Waals surface area contributed by atoms with Crippen LogP contribution in [0.2, 0.25) is 0 Å². The number of benzene rings is 1. The van der Waals surface area contributed by atoms with Gasteiger partial charge in [-0.15, -0.1) is 0 Å². The lowest BCUT2D eigenvalue weighted by molar-refractivity contribution is 0.0247. The Bertz CT molecular complexity index is 572. The summed E-state index contributed by atoms with van der Waals surface area (Å²) in [4.78, 5) is 2.51. The molecule has 1 heterocycles. The SMILES string of the molecule is CCC(O)C1CCCCN1CCc1ccc(S(N)(=O)=O)cc1. The summed E-state index contributed by atoms with van der Waals surface area (Å²) in [5.41, 5.74) is 1.09. The topological polar surface area (TPSA) is 83.6 Å². The van der Waals surface area contributed by atoms with Gasteiger partial charge in [-0.1, -0.05) is 25.5 Å². The maximum Gasteiger partial charge on any atom is 0.238 e. The Morgan fingerprint density at radius 2 is 2.00 bits per heavy atom. The van der Waals surface area contributed by atoms with Crippen LogP contribution < -0.4 is 5.14 Å². The predicted molar refractivity (Wildman–Crippen MR) is 87.0 cm³/mol. The number of primary sulfonamides is 1. The number of hydrogen-bond donors (Lipinski definition) is 2. The van der Waals surface area contributed by atoms with Crippen molar-refractivity contribution in [2.45, 2.75) is 56.1 Å². The molecule has 0 saturated carbocycles. The van der Waals surface area contributed by atoms with Crippen LogP contribution in [0.15, 0.2) is 29.2 Å². The molecule has 0 aromatic heterocycles. The molecule has 0 spiro atoms. The van der Waals surface area contributed by atoms with Crippen molar-refractivity contribution in [1.29, 1.82) is 0 Å². The first-order valence-corrected chi connectivity index (χ1v) is 9.50. The quantitative estimate of drug-likeness (QED) is 0.830. The molecule has 1 aliphatic rings. The number of aliphatic hydroxyl groups is 1. The van der Waals surface area contributed by atoms with Crippen molar-refractivity contribution >= 4 is 10.0 Å². The van der Waals surface area contributed by atoms with Gasteiger partial charge < -0.3 is 5.11 Å². The minimum Gasteiger partial charge on any atom is -0.392 e. The zero-order valence-electron chi connectivity index (χ0n) is 13.1. The van der Waals surface area contributed by atoms with Crippen LogP contribution in [-0.4, -0.2) is 43.7 Å².